The molecule has 8 heteroatoms. The summed E-state index contributed by atoms with van der Waals surface area (Å²) in [6.07, 6.45) is 1.53. The molecular formula is C23H19Cl2N3O3. The van der Waals surface area contributed by atoms with E-state index >= 15 is 0 Å². The van der Waals surface area contributed by atoms with Gasteiger partial charge < -0.3 is 13.8 Å². The molecule has 0 radical (unpaired) electrons. The molecule has 6 nitrogen and oxygen atoms in total. The predicted octanol–water partition coefficient (Wildman–Crippen LogP) is 5.80. The van der Waals surface area contributed by atoms with E-state index in [0.717, 1.165) is 11.9 Å². The van der Waals surface area contributed by atoms with Crippen LogP contribution in [0.1, 0.15) is 28.4 Å². The number of hydrogen-bond acceptors (Lipinski definition) is 5. The number of carbonyl (C=O) groups excluding carboxylic acids is 1. The van der Waals surface area contributed by atoms with Crippen LogP contribution in [0.4, 0.5) is 0 Å². The summed E-state index contributed by atoms with van der Waals surface area (Å²) in [7, 11) is 0. The van der Waals surface area contributed by atoms with Crippen molar-refractivity contribution in [3.05, 3.63) is 69.7 Å². The normalized spacial score (nSPS) is 16.4. The highest BCUT2D eigenvalue weighted by Gasteiger charge is 2.32. The average molecular weight is 456 g/mol. The first-order chi connectivity index (χ1) is 15.0. The summed E-state index contributed by atoms with van der Waals surface area (Å²) >= 11 is 12.4. The first-order valence-corrected chi connectivity index (χ1v) is 10.8. The van der Waals surface area contributed by atoms with Crippen molar-refractivity contribution in [1.82, 2.24) is 15.0 Å². The Morgan fingerprint density at radius 1 is 1.23 bits per heavy atom. The standard InChI is InChI=1S/C23H19Cl2N3O3/c1-13-21(22(27-31-13)16-4-2-3-5-17(16)25)23(29)28-9-8-14(12-28)10-20-26-18-7-6-15(24)11-19(18)30-20/h2-7,11,14H,8-10,12H2,1H3/t14-/m0/s1. The molecule has 0 aliphatic carbocycles. The van der Waals surface area contributed by atoms with Gasteiger partial charge in [0, 0.05) is 36.2 Å². The Kier molecular flexibility index (Phi) is 5.20. The highest BCUT2D eigenvalue weighted by atomic mass is 35.5. The maximum absolute atomic E-state index is 13.3. The lowest BCUT2D eigenvalue weighted by Gasteiger charge is -2.16. The number of aryl methyl sites for hydroxylation is 1. The van der Waals surface area contributed by atoms with E-state index in [9.17, 15) is 4.79 Å². The van der Waals surface area contributed by atoms with Crippen molar-refractivity contribution in [3.8, 4) is 11.3 Å². The average Bonchev–Trinajstić information content (AvgIpc) is 3.46. The molecule has 1 saturated heterocycles. The monoisotopic (exact) mass is 455 g/mol. The number of benzene rings is 2. The summed E-state index contributed by atoms with van der Waals surface area (Å²) in [5.74, 6) is 1.31. The number of halogens is 2. The van der Waals surface area contributed by atoms with E-state index in [1.54, 1.807) is 25.1 Å². The molecule has 1 amide bonds. The summed E-state index contributed by atoms with van der Waals surface area (Å²) < 4.78 is 11.2. The minimum Gasteiger partial charge on any atom is -0.441 e. The van der Waals surface area contributed by atoms with Crippen LogP contribution < -0.4 is 0 Å². The second kappa shape index (κ2) is 8.02. The van der Waals surface area contributed by atoms with Crippen LogP contribution in [0.2, 0.25) is 10.0 Å². The summed E-state index contributed by atoms with van der Waals surface area (Å²) in [5, 5.41) is 5.26. The summed E-state index contributed by atoms with van der Waals surface area (Å²) in [6.45, 7) is 3.02. The van der Waals surface area contributed by atoms with E-state index in [1.807, 2.05) is 29.2 Å². The Labute approximate surface area is 188 Å². The Hall–Kier alpha value is -2.83. The molecule has 2 aromatic carbocycles. The van der Waals surface area contributed by atoms with Crippen LogP contribution >= 0.6 is 23.2 Å². The zero-order chi connectivity index (χ0) is 21.5. The summed E-state index contributed by atoms with van der Waals surface area (Å²) in [5.41, 5.74) is 3.09. The van der Waals surface area contributed by atoms with Crippen molar-refractivity contribution in [2.45, 2.75) is 19.8 Å². The number of nitrogens with zero attached hydrogens (tertiary/aromatic N) is 3. The van der Waals surface area contributed by atoms with Crippen molar-refractivity contribution in [2.24, 2.45) is 5.92 Å². The van der Waals surface area contributed by atoms with Crippen molar-refractivity contribution < 1.29 is 13.7 Å². The van der Waals surface area contributed by atoms with Gasteiger partial charge in [0.15, 0.2) is 11.5 Å². The number of oxazole rings is 1. The minimum absolute atomic E-state index is 0.0967. The third kappa shape index (κ3) is 3.82. The largest absolute Gasteiger partial charge is 0.441 e. The third-order valence-corrected chi connectivity index (χ3v) is 6.20. The number of hydrogen-bond donors (Lipinski definition) is 0. The molecule has 2 aromatic heterocycles. The number of amides is 1. The Bertz CT molecular complexity index is 1280. The number of fused-ring (bicyclic) bond motifs is 1. The van der Waals surface area contributed by atoms with Gasteiger partial charge in [0.05, 0.1) is 5.02 Å². The lowest BCUT2D eigenvalue weighted by Crippen LogP contribution is -2.29. The number of rotatable bonds is 4. The van der Waals surface area contributed by atoms with Gasteiger partial charge in [-0.3, -0.25) is 4.79 Å². The zero-order valence-electron chi connectivity index (χ0n) is 16.8. The molecule has 1 aliphatic heterocycles. The van der Waals surface area contributed by atoms with Crippen LogP contribution in [0.5, 0.6) is 0 Å². The summed E-state index contributed by atoms with van der Waals surface area (Å²) in [4.78, 5) is 19.7. The fourth-order valence-electron chi connectivity index (χ4n) is 4.08. The predicted molar refractivity (Wildman–Crippen MR) is 118 cm³/mol. The van der Waals surface area contributed by atoms with Crippen LogP contribution in [-0.4, -0.2) is 34.0 Å². The molecule has 0 saturated carbocycles. The maximum Gasteiger partial charge on any atom is 0.259 e. The molecule has 1 aliphatic rings. The fraction of sp³-hybridized carbons (Fsp3) is 0.261. The van der Waals surface area contributed by atoms with E-state index in [2.05, 4.69) is 10.1 Å². The maximum atomic E-state index is 13.3. The van der Waals surface area contributed by atoms with Gasteiger partial charge in [-0.1, -0.05) is 46.6 Å². The quantitative estimate of drug-likeness (QED) is 0.388. The molecule has 31 heavy (non-hydrogen) atoms. The molecule has 1 atom stereocenters. The molecule has 4 aromatic rings. The molecular weight excluding hydrogens is 437 g/mol. The van der Waals surface area contributed by atoms with Gasteiger partial charge in [0.1, 0.15) is 22.5 Å². The van der Waals surface area contributed by atoms with Gasteiger partial charge in [0.25, 0.3) is 5.91 Å². The van der Waals surface area contributed by atoms with Crippen LogP contribution in [0.3, 0.4) is 0 Å². The van der Waals surface area contributed by atoms with Gasteiger partial charge in [-0.25, -0.2) is 4.98 Å². The van der Waals surface area contributed by atoms with Crippen LogP contribution in [0.25, 0.3) is 22.4 Å². The van der Waals surface area contributed by atoms with E-state index < -0.39 is 0 Å². The topological polar surface area (TPSA) is 72.4 Å². The van der Waals surface area contributed by atoms with Crippen molar-refractivity contribution in [1.29, 1.82) is 0 Å². The highest BCUT2D eigenvalue weighted by Crippen LogP contribution is 2.33. The molecule has 158 valence electrons. The minimum atomic E-state index is -0.0967. The second-order valence-corrected chi connectivity index (χ2v) is 8.62. The third-order valence-electron chi connectivity index (χ3n) is 5.64. The Balaban J connectivity index is 1.34. The molecule has 0 bridgehead atoms. The Morgan fingerprint density at radius 3 is 2.90 bits per heavy atom. The van der Waals surface area contributed by atoms with Gasteiger partial charge in [0.2, 0.25) is 0 Å². The Morgan fingerprint density at radius 2 is 2.06 bits per heavy atom. The van der Waals surface area contributed by atoms with E-state index in [0.29, 0.717) is 63.6 Å². The number of aromatic nitrogens is 2. The first-order valence-electron chi connectivity index (χ1n) is 10.0. The number of carbonyl (C=O) groups is 1. The van der Waals surface area contributed by atoms with Gasteiger partial charge in [-0.2, -0.15) is 0 Å². The number of likely N-dealkylation sites (tertiary alicyclic amines) is 1. The van der Waals surface area contributed by atoms with Crippen LogP contribution in [0, 0.1) is 12.8 Å². The molecule has 0 unspecified atom stereocenters. The van der Waals surface area contributed by atoms with E-state index in [1.165, 1.54) is 0 Å². The highest BCUT2D eigenvalue weighted by molar-refractivity contribution is 6.33. The van der Waals surface area contributed by atoms with Gasteiger partial charge in [-0.15, -0.1) is 0 Å². The van der Waals surface area contributed by atoms with E-state index in [-0.39, 0.29) is 11.8 Å². The first kappa shape index (κ1) is 20.1. The molecule has 1 fully saturated rings. The van der Waals surface area contributed by atoms with Crippen molar-refractivity contribution in [2.75, 3.05) is 13.1 Å². The van der Waals surface area contributed by atoms with Crippen molar-refractivity contribution in [3.63, 3.8) is 0 Å². The second-order valence-electron chi connectivity index (χ2n) is 7.77. The molecule has 0 spiro atoms. The van der Waals surface area contributed by atoms with Crippen LogP contribution in [0.15, 0.2) is 51.4 Å². The van der Waals surface area contributed by atoms with E-state index in [4.69, 9.17) is 32.1 Å². The smallest absolute Gasteiger partial charge is 0.259 e. The molecule has 3 heterocycles. The lowest BCUT2D eigenvalue weighted by molar-refractivity contribution is 0.0785. The summed E-state index contributed by atoms with van der Waals surface area (Å²) in [6, 6.07) is 12.7. The van der Waals surface area contributed by atoms with Gasteiger partial charge in [-0.05, 0) is 37.5 Å². The van der Waals surface area contributed by atoms with Gasteiger partial charge >= 0.3 is 0 Å². The molecule has 0 N–H and O–H groups in total. The lowest BCUT2D eigenvalue weighted by atomic mass is 10.0. The van der Waals surface area contributed by atoms with Crippen LogP contribution in [-0.2, 0) is 6.42 Å². The fourth-order valence-corrected chi connectivity index (χ4v) is 4.47. The molecule has 5 rings (SSSR count). The zero-order valence-corrected chi connectivity index (χ0v) is 18.3. The SMILES string of the molecule is Cc1onc(-c2ccccc2Cl)c1C(=O)N1CC[C@@H](Cc2nc3ccc(Cl)cc3o2)C1. The van der Waals surface area contributed by atoms with Crippen molar-refractivity contribution >= 4 is 40.2 Å².